The van der Waals surface area contributed by atoms with E-state index in [1.54, 1.807) is 43.7 Å². The molecule has 26 heavy (non-hydrogen) atoms. The second kappa shape index (κ2) is 6.32. The van der Waals surface area contributed by atoms with Crippen molar-refractivity contribution in [3.8, 4) is 0 Å². The predicted octanol–water partition coefficient (Wildman–Crippen LogP) is 5.01. The molecule has 1 fully saturated rings. The van der Waals surface area contributed by atoms with Crippen molar-refractivity contribution in [2.45, 2.75) is 50.9 Å². The van der Waals surface area contributed by atoms with Gasteiger partial charge in [-0.05, 0) is 44.9 Å². The highest BCUT2D eigenvalue weighted by Crippen LogP contribution is 2.50. The Morgan fingerprint density at radius 2 is 1.92 bits per heavy atom. The van der Waals surface area contributed by atoms with Crippen LogP contribution in [0.15, 0.2) is 16.6 Å². The van der Waals surface area contributed by atoms with Crippen LogP contribution >= 0.6 is 15.9 Å². The number of amides is 1. The van der Waals surface area contributed by atoms with Crippen molar-refractivity contribution in [2.24, 2.45) is 0 Å². The number of piperidine rings is 1. The Hall–Kier alpha value is -1.44. The number of fused-ring (bicyclic) bond motifs is 3. The summed E-state index contributed by atoms with van der Waals surface area (Å²) in [4.78, 5) is 15.7. The Kier molecular flexibility index (Phi) is 4.70. The summed E-state index contributed by atoms with van der Waals surface area (Å²) in [7, 11) is 1.70. The first-order valence-corrected chi connectivity index (χ1v) is 9.29. The fraction of sp³-hybridized carbons (Fsp3) is 0.611. The summed E-state index contributed by atoms with van der Waals surface area (Å²) in [6, 6.07) is 2.81. The van der Waals surface area contributed by atoms with Crippen molar-refractivity contribution in [1.29, 1.82) is 0 Å². The third kappa shape index (κ3) is 3.52. The van der Waals surface area contributed by atoms with Crippen LogP contribution in [0, 0.1) is 0 Å². The van der Waals surface area contributed by atoms with Gasteiger partial charge in [0.1, 0.15) is 5.60 Å². The molecule has 2 aliphatic rings. The van der Waals surface area contributed by atoms with Crippen molar-refractivity contribution < 1.29 is 22.7 Å². The van der Waals surface area contributed by atoms with E-state index in [4.69, 9.17) is 4.74 Å². The molecular formula is C18H22BrF3N2O2. The first-order chi connectivity index (χ1) is 11.9. The molecule has 0 N–H and O–H groups in total. The van der Waals surface area contributed by atoms with Gasteiger partial charge in [0.25, 0.3) is 0 Å². The molecule has 1 unspecified atom stereocenters. The number of likely N-dealkylation sites (tertiary alicyclic amines) is 1. The molecule has 1 aromatic carbocycles. The van der Waals surface area contributed by atoms with Crippen LogP contribution in [0.2, 0.25) is 0 Å². The lowest BCUT2D eigenvalue weighted by atomic mass is 9.89. The Labute approximate surface area is 159 Å². The third-order valence-electron chi connectivity index (χ3n) is 4.89. The fourth-order valence-electron chi connectivity index (χ4n) is 3.88. The van der Waals surface area contributed by atoms with Crippen LogP contribution in [-0.2, 0) is 10.9 Å². The minimum absolute atomic E-state index is 0.0564. The minimum Gasteiger partial charge on any atom is -0.444 e. The van der Waals surface area contributed by atoms with Gasteiger partial charge in [-0.1, -0.05) is 15.9 Å². The normalized spacial score (nSPS) is 22.9. The molecule has 2 heterocycles. The molecule has 0 aliphatic carbocycles. The van der Waals surface area contributed by atoms with E-state index in [-0.39, 0.29) is 17.6 Å². The maximum absolute atomic E-state index is 13.5. The maximum atomic E-state index is 13.5. The Balaban J connectivity index is 1.94. The van der Waals surface area contributed by atoms with Crippen molar-refractivity contribution in [3.63, 3.8) is 0 Å². The number of halogens is 4. The van der Waals surface area contributed by atoms with Crippen LogP contribution < -0.4 is 4.90 Å². The van der Waals surface area contributed by atoms with E-state index in [1.165, 1.54) is 0 Å². The zero-order valence-electron chi connectivity index (χ0n) is 15.2. The van der Waals surface area contributed by atoms with Gasteiger partial charge in [-0.2, -0.15) is 13.2 Å². The van der Waals surface area contributed by atoms with Crippen LogP contribution in [0.3, 0.4) is 0 Å². The summed E-state index contributed by atoms with van der Waals surface area (Å²) in [6.07, 6.45) is -4.25. The van der Waals surface area contributed by atoms with Crippen LogP contribution in [0.5, 0.6) is 0 Å². The van der Waals surface area contributed by atoms with Gasteiger partial charge in [0.2, 0.25) is 0 Å². The number of ether oxygens (including phenoxy) is 1. The monoisotopic (exact) mass is 434 g/mol. The van der Waals surface area contributed by atoms with Gasteiger partial charge >= 0.3 is 12.3 Å². The van der Waals surface area contributed by atoms with Gasteiger partial charge in [0.15, 0.2) is 0 Å². The second-order valence-corrected chi connectivity index (χ2v) is 8.80. The Morgan fingerprint density at radius 3 is 2.50 bits per heavy atom. The fourth-order valence-corrected chi connectivity index (χ4v) is 4.36. The molecule has 2 atom stereocenters. The van der Waals surface area contributed by atoms with Crippen molar-refractivity contribution in [2.75, 3.05) is 25.0 Å². The van der Waals surface area contributed by atoms with Gasteiger partial charge in [-0.25, -0.2) is 4.79 Å². The standard InChI is InChI=1S/C18H22BrF3N2O2/c1-17(2,3)26-16(25)24-6-5-14-12(9-24)11-7-10(19)8-13(18(20,21)22)15(11)23(14)4/h7-8,12,14H,5-6,9H2,1-4H3/t12?,14-/m0/s1. The molecule has 2 aliphatic heterocycles. The molecule has 8 heteroatoms. The van der Waals surface area contributed by atoms with E-state index in [2.05, 4.69) is 15.9 Å². The molecule has 0 saturated carbocycles. The average Bonchev–Trinajstić information content (AvgIpc) is 2.76. The number of carbonyl (C=O) groups excluding carboxylic acids is 1. The van der Waals surface area contributed by atoms with Crippen LogP contribution in [0.25, 0.3) is 0 Å². The molecule has 144 valence electrons. The van der Waals surface area contributed by atoms with E-state index >= 15 is 0 Å². The summed E-state index contributed by atoms with van der Waals surface area (Å²) < 4.78 is 46.4. The number of alkyl halides is 3. The van der Waals surface area contributed by atoms with Gasteiger partial charge < -0.3 is 14.5 Å². The van der Waals surface area contributed by atoms with E-state index in [9.17, 15) is 18.0 Å². The number of rotatable bonds is 0. The van der Waals surface area contributed by atoms with Crippen LogP contribution in [0.4, 0.5) is 23.7 Å². The molecule has 3 rings (SSSR count). The third-order valence-corrected chi connectivity index (χ3v) is 5.35. The first-order valence-electron chi connectivity index (χ1n) is 8.50. The van der Waals surface area contributed by atoms with Gasteiger partial charge in [0, 0.05) is 36.6 Å². The summed E-state index contributed by atoms with van der Waals surface area (Å²) in [6.45, 7) is 6.21. The SMILES string of the molecule is CN1c2c(cc(Br)cc2C(F)(F)F)C2CN(C(=O)OC(C)(C)C)CC[C@@H]21. The van der Waals surface area contributed by atoms with Crippen molar-refractivity contribution in [1.82, 2.24) is 4.90 Å². The van der Waals surface area contributed by atoms with Crippen LogP contribution in [-0.4, -0.2) is 42.8 Å². The Bertz CT molecular complexity index is 730. The van der Waals surface area contributed by atoms with E-state index in [1.807, 2.05) is 0 Å². The molecule has 0 radical (unpaired) electrons. The number of carbonyl (C=O) groups is 1. The summed E-state index contributed by atoms with van der Waals surface area (Å²) >= 11 is 3.20. The number of benzene rings is 1. The molecule has 0 bridgehead atoms. The zero-order chi connectivity index (χ0) is 19.4. The number of hydrogen-bond acceptors (Lipinski definition) is 3. The lowest BCUT2D eigenvalue weighted by molar-refractivity contribution is -0.137. The maximum Gasteiger partial charge on any atom is 0.418 e. The van der Waals surface area contributed by atoms with Gasteiger partial charge in [-0.15, -0.1) is 0 Å². The summed E-state index contributed by atoms with van der Waals surface area (Å²) in [5.74, 6) is -0.171. The molecular weight excluding hydrogens is 413 g/mol. The van der Waals surface area contributed by atoms with E-state index in [0.717, 1.165) is 6.07 Å². The number of nitrogens with zero attached hydrogens (tertiary/aromatic N) is 2. The smallest absolute Gasteiger partial charge is 0.418 e. The zero-order valence-corrected chi connectivity index (χ0v) is 16.7. The van der Waals surface area contributed by atoms with E-state index in [0.29, 0.717) is 29.5 Å². The highest BCUT2D eigenvalue weighted by Gasteiger charge is 2.47. The molecule has 1 saturated heterocycles. The largest absolute Gasteiger partial charge is 0.444 e. The predicted molar refractivity (Wildman–Crippen MR) is 96.5 cm³/mol. The average molecular weight is 435 g/mol. The van der Waals surface area contributed by atoms with Crippen LogP contribution in [0.1, 0.15) is 44.2 Å². The van der Waals surface area contributed by atoms with Gasteiger partial charge in [-0.3, -0.25) is 0 Å². The summed E-state index contributed by atoms with van der Waals surface area (Å²) in [5.41, 5.74) is -0.387. The number of hydrogen-bond donors (Lipinski definition) is 0. The molecule has 0 spiro atoms. The number of likely N-dealkylation sites (N-methyl/N-ethyl adjacent to an activating group) is 1. The summed E-state index contributed by atoms with van der Waals surface area (Å²) in [5, 5.41) is 0. The molecule has 1 amide bonds. The molecule has 0 aromatic heterocycles. The van der Waals surface area contributed by atoms with Gasteiger partial charge in [0.05, 0.1) is 11.3 Å². The topological polar surface area (TPSA) is 32.8 Å². The second-order valence-electron chi connectivity index (χ2n) is 7.89. The van der Waals surface area contributed by atoms with Crippen molar-refractivity contribution in [3.05, 3.63) is 27.7 Å². The lowest BCUT2D eigenvalue weighted by Crippen LogP contribution is -2.48. The van der Waals surface area contributed by atoms with E-state index < -0.39 is 23.4 Å². The highest BCUT2D eigenvalue weighted by atomic mass is 79.9. The molecule has 4 nitrogen and oxygen atoms in total. The quantitative estimate of drug-likeness (QED) is 0.575. The highest BCUT2D eigenvalue weighted by molar-refractivity contribution is 9.10. The Morgan fingerprint density at radius 1 is 1.27 bits per heavy atom. The minimum atomic E-state index is -4.43. The lowest BCUT2D eigenvalue weighted by Gasteiger charge is -2.38. The van der Waals surface area contributed by atoms with Crippen molar-refractivity contribution >= 4 is 27.7 Å². The number of anilines is 1. The first kappa shape index (κ1) is 19.3. The molecule has 1 aromatic rings.